The molecule has 1 saturated heterocycles. The standard InChI is InChI=1S/C7H15NO/c1-7(2)4-3-6(8)5-9-7/h6H,3-5,8H2,1-2H3. The Balaban J connectivity index is 2.35. The van der Waals surface area contributed by atoms with E-state index >= 15 is 0 Å². The Hall–Kier alpha value is -0.0800. The van der Waals surface area contributed by atoms with Gasteiger partial charge in [-0.05, 0) is 26.7 Å². The molecule has 54 valence electrons. The number of ether oxygens (including phenoxy) is 1. The van der Waals surface area contributed by atoms with Crippen LogP contribution in [0.2, 0.25) is 0 Å². The van der Waals surface area contributed by atoms with E-state index in [2.05, 4.69) is 13.8 Å². The van der Waals surface area contributed by atoms with Gasteiger partial charge >= 0.3 is 0 Å². The van der Waals surface area contributed by atoms with Crippen molar-refractivity contribution < 1.29 is 4.74 Å². The molecule has 1 aliphatic rings. The molecule has 0 bridgehead atoms. The first-order valence-corrected chi connectivity index (χ1v) is 3.50. The smallest absolute Gasteiger partial charge is 0.0627 e. The van der Waals surface area contributed by atoms with Gasteiger partial charge < -0.3 is 10.5 Å². The lowest BCUT2D eigenvalue weighted by Crippen LogP contribution is -2.40. The minimum Gasteiger partial charge on any atom is -0.374 e. The lowest BCUT2D eigenvalue weighted by Gasteiger charge is -2.32. The molecule has 0 aromatic rings. The van der Waals surface area contributed by atoms with Crippen LogP contribution >= 0.6 is 0 Å². The average molecular weight is 129 g/mol. The summed E-state index contributed by atoms with van der Waals surface area (Å²) in [4.78, 5) is 0. The van der Waals surface area contributed by atoms with Crippen molar-refractivity contribution in [2.75, 3.05) is 6.61 Å². The molecule has 0 aromatic heterocycles. The predicted molar refractivity (Wildman–Crippen MR) is 37.2 cm³/mol. The molecule has 0 saturated carbocycles. The van der Waals surface area contributed by atoms with Gasteiger partial charge in [0.25, 0.3) is 0 Å². The molecule has 1 atom stereocenters. The van der Waals surface area contributed by atoms with E-state index in [4.69, 9.17) is 10.5 Å². The van der Waals surface area contributed by atoms with E-state index < -0.39 is 0 Å². The van der Waals surface area contributed by atoms with Crippen molar-refractivity contribution in [1.82, 2.24) is 0 Å². The second kappa shape index (κ2) is 2.27. The summed E-state index contributed by atoms with van der Waals surface area (Å²) >= 11 is 0. The Morgan fingerprint density at radius 1 is 1.56 bits per heavy atom. The maximum Gasteiger partial charge on any atom is 0.0627 e. The topological polar surface area (TPSA) is 35.2 Å². The van der Waals surface area contributed by atoms with Gasteiger partial charge in [-0.25, -0.2) is 0 Å². The summed E-state index contributed by atoms with van der Waals surface area (Å²) in [7, 11) is 0. The predicted octanol–water partition coefficient (Wildman–Crippen LogP) is 0.903. The molecule has 0 radical (unpaired) electrons. The second-order valence-corrected chi connectivity index (χ2v) is 3.37. The maximum absolute atomic E-state index is 5.63. The summed E-state index contributed by atoms with van der Waals surface area (Å²) in [6.45, 7) is 4.95. The molecule has 2 N–H and O–H groups in total. The quantitative estimate of drug-likeness (QED) is 0.527. The average Bonchev–Trinajstić information content (AvgIpc) is 1.78. The Morgan fingerprint density at radius 3 is 2.56 bits per heavy atom. The van der Waals surface area contributed by atoms with Gasteiger partial charge in [0.2, 0.25) is 0 Å². The fraction of sp³-hybridized carbons (Fsp3) is 1.00. The maximum atomic E-state index is 5.63. The summed E-state index contributed by atoms with van der Waals surface area (Å²) in [5, 5.41) is 0. The van der Waals surface area contributed by atoms with Gasteiger partial charge in [0.15, 0.2) is 0 Å². The Morgan fingerprint density at radius 2 is 2.22 bits per heavy atom. The van der Waals surface area contributed by atoms with Crippen molar-refractivity contribution in [2.45, 2.75) is 38.3 Å². The van der Waals surface area contributed by atoms with Gasteiger partial charge in [-0.1, -0.05) is 0 Å². The highest BCUT2D eigenvalue weighted by Crippen LogP contribution is 2.22. The lowest BCUT2D eigenvalue weighted by atomic mass is 9.96. The largest absolute Gasteiger partial charge is 0.374 e. The molecule has 1 fully saturated rings. The highest BCUT2D eigenvalue weighted by atomic mass is 16.5. The van der Waals surface area contributed by atoms with Crippen molar-refractivity contribution >= 4 is 0 Å². The molecule has 2 heteroatoms. The van der Waals surface area contributed by atoms with Gasteiger partial charge in [-0.15, -0.1) is 0 Å². The molecule has 1 unspecified atom stereocenters. The first kappa shape index (κ1) is 7.03. The van der Waals surface area contributed by atoms with E-state index in [9.17, 15) is 0 Å². The van der Waals surface area contributed by atoms with Gasteiger partial charge in [0, 0.05) is 6.04 Å². The first-order valence-electron chi connectivity index (χ1n) is 3.50. The fourth-order valence-electron chi connectivity index (χ4n) is 1.02. The molecule has 0 aromatic carbocycles. The van der Waals surface area contributed by atoms with Gasteiger partial charge in [0.1, 0.15) is 0 Å². The highest BCUT2D eigenvalue weighted by molar-refractivity contribution is 4.78. The molecule has 2 nitrogen and oxygen atoms in total. The van der Waals surface area contributed by atoms with E-state index in [1.807, 2.05) is 0 Å². The third kappa shape index (κ3) is 1.95. The number of hydrogen-bond acceptors (Lipinski definition) is 2. The van der Waals surface area contributed by atoms with Crippen LogP contribution in [0.4, 0.5) is 0 Å². The first-order chi connectivity index (χ1) is 4.10. The van der Waals surface area contributed by atoms with Gasteiger partial charge in [-0.2, -0.15) is 0 Å². The molecule has 0 amide bonds. The molecule has 1 heterocycles. The number of nitrogens with two attached hydrogens (primary N) is 1. The summed E-state index contributed by atoms with van der Waals surface area (Å²) < 4.78 is 5.45. The zero-order chi connectivity index (χ0) is 6.91. The van der Waals surface area contributed by atoms with Crippen molar-refractivity contribution in [3.63, 3.8) is 0 Å². The minimum atomic E-state index is 0.0792. The van der Waals surface area contributed by atoms with Crippen molar-refractivity contribution in [1.29, 1.82) is 0 Å². The highest BCUT2D eigenvalue weighted by Gasteiger charge is 2.25. The van der Waals surface area contributed by atoms with Crippen LogP contribution < -0.4 is 5.73 Å². The molecule has 9 heavy (non-hydrogen) atoms. The molecule has 0 aliphatic carbocycles. The fourth-order valence-corrected chi connectivity index (χ4v) is 1.02. The van der Waals surface area contributed by atoms with E-state index in [-0.39, 0.29) is 11.6 Å². The number of hydrogen-bond donors (Lipinski definition) is 1. The third-order valence-electron chi connectivity index (χ3n) is 1.81. The van der Waals surface area contributed by atoms with E-state index in [0.717, 1.165) is 19.4 Å². The van der Waals surface area contributed by atoms with Crippen LogP contribution in [0.25, 0.3) is 0 Å². The normalized spacial score (nSPS) is 34.3. The Kier molecular flexibility index (Phi) is 1.78. The van der Waals surface area contributed by atoms with Crippen LogP contribution in [0.5, 0.6) is 0 Å². The molecule has 0 spiro atoms. The third-order valence-corrected chi connectivity index (χ3v) is 1.81. The molecular formula is C7H15NO. The van der Waals surface area contributed by atoms with E-state index in [1.54, 1.807) is 0 Å². The monoisotopic (exact) mass is 129 g/mol. The Bertz CT molecular complexity index is 91.1. The van der Waals surface area contributed by atoms with Crippen molar-refractivity contribution in [3.8, 4) is 0 Å². The van der Waals surface area contributed by atoms with Gasteiger partial charge in [-0.3, -0.25) is 0 Å². The second-order valence-electron chi connectivity index (χ2n) is 3.37. The summed E-state index contributed by atoms with van der Waals surface area (Å²) in [6.07, 6.45) is 2.20. The summed E-state index contributed by atoms with van der Waals surface area (Å²) in [5.41, 5.74) is 5.71. The van der Waals surface area contributed by atoms with Crippen LogP contribution in [-0.2, 0) is 4.74 Å². The van der Waals surface area contributed by atoms with Crippen LogP contribution in [0.15, 0.2) is 0 Å². The molecular weight excluding hydrogens is 114 g/mol. The molecule has 1 rings (SSSR count). The van der Waals surface area contributed by atoms with E-state index in [0.29, 0.717) is 0 Å². The lowest BCUT2D eigenvalue weighted by molar-refractivity contribution is -0.0594. The van der Waals surface area contributed by atoms with Crippen LogP contribution in [0.1, 0.15) is 26.7 Å². The summed E-state index contributed by atoms with van der Waals surface area (Å²) in [5.74, 6) is 0. The summed E-state index contributed by atoms with van der Waals surface area (Å²) in [6, 6.07) is 0.276. The molecule has 1 aliphatic heterocycles. The Labute approximate surface area is 56.4 Å². The minimum absolute atomic E-state index is 0.0792. The SMILES string of the molecule is CC1(C)CCC(N)CO1. The number of rotatable bonds is 0. The van der Waals surface area contributed by atoms with E-state index in [1.165, 1.54) is 0 Å². The van der Waals surface area contributed by atoms with Crippen molar-refractivity contribution in [3.05, 3.63) is 0 Å². The van der Waals surface area contributed by atoms with Crippen LogP contribution in [0, 0.1) is 0 Å². The van der Waals surface area contributed by atoms with Crippen LogP contribution in [0.3, 0.4) is 0 Å². The van der Waals surface area contributed by atoms with Crippen LogP contribution in [-0.4, -0.2) is 18.2 Å². The zero-order valence-electron chi connectivity index (χ0n) is 6.18. The zero-order valence-corrected chi connectivity index (χ0v) is 6.18. The van der Waals surface area contributed by atoms with Crippen molar-refractivity contribution in [2.24, 2.45) is 5.73 Å². The van der Waals surface area contributed by atoms with Gasteiger partial charge in [0.05, 0.1) is 12.2 Å².